The molecule has 1 saturated carbocycles. The van der Waals surface area contributed by atoms with Crippen LogP contribution in [0, 0.1) is 5.92 Å². The van der Waals surface area contributed by atoms with E-state index < -0.39 is 0 Å². The molecular formula is C14H17BrClNO. The van der Waals surface area contributed by atoms with E-state index in [4.69, 9.17) is 11.6 Å². The summed E-state index contributed by atoms with van der Waals surface area (Å²) >= 11 is 9.44. The molecular weight excluding hydrogens is 314 g/mol. The Kier molecular flexibility index (Phi) is 5.07. The van der Waals surface area contributed by atoms with Crippen LogP contribution in [0.3, 0.4) is 0 Å². The third kappa shape index (κ3) is 3.99. The molecule has 0 bridgehead atoms. The molecule has 2 nitrogen and oxygen atoms in total. The second-order valence-corrected chi connectivity index (χ2v) is 6.37. The van der Waals surface area contributed by atoms with Gasteiger partial charge in [-0.3, -0.25) is 4.79 Å². The second kappa shape index (κ2) is 6.58. The van der Waals surface area contributed by atoms with Crippen LogP contribution in [0.2, 0.25) is 0 Å². The first kappa shape index (κ1) is 13.9. The van der Waals surface area contributed by atoms with Gasteiger partial charge in [0.1, 0.15) is 0 Å². The minimum absolute atomic E-state index is 0.00398. The van der Waals surface area contributed by atoms with Crippen molar-refractivity contribution in [2.45, 2.75) is 31.1 Å². The lowest BCUT2D eigenvalue weighted by molar-refractivity contribution is 0.0943. The van der Waals surface area contributed by atoms with Crippen molar-refractivity contribution in [3.8, 4) is 0 Å². The highest BCUT2D eigenvalue weighted by atomic mass is 79.9. The number of carbonyl (C=O) groups excluding carboxylic acids is 1. The smallest absolute Gasteiger partial charge is 0.251 e. The summed E-state index contributed by atoms with van der Waals surface area (Å²) in [6.07, 6.45) is 4.37. The Bertz CT molecular complexity index is 416. The van der Waals surface area contributed by atoms with E-state index in [0.717, 1.165) is 36.7 Å². The number of nitrogens with one attached hydrogen (secondary N) is 1. The molecule has 1 aliphatic rings. The van der Waals surface area contributed by atoms with Crippen molar-refractivity contribution < 1.29 is 4.79 Å². The summed E-state index contributed by atoms with van der Waals surface area (Å²) in [5, 5.41) is 3.34. The molecule has 0 unspecified atom stereocenters. The Hall–Kier alpha value is -0.540. The maximum absolute atomic E-state index is 11.9. The van der Waals surface area contributed by atoms with Gasteiger partial charge >= 0.3 is 0 Å². The molecule has 0 aromatic heterocycles. The zero-order valence-corrected chi connectivity index (χ0v) is 12.5. The average Bonchev–Trinajstić information content (AvgIpc) is 2.38. The molecule has 0 heterocycles. The highest BCUT2D eigenvalue weighted by molar-refractivity contribution is 9.10. The quantitative estimate of drug-likeness (QED) is 0.835. The maximum atomic E-state index is 11.9. The Balaban J connectivity index is 1.81. The molecule has 2 rings (SSSR count). The maximum Gasteiger partial charge on any atom is 0.251 e. The average molecular weight is 331 g/mol. The molecule has 0 spiro atoms. The molecule has 1 amide bonds. The summed E-state index contributed by atoms with van der Waals surface area (Å²) in [7, 11) is 0. The fraction of sp³-hybridized carbons (Fsp3) is 0.500. The third-order valence-electron chi connectivity index (χ3n) is 3.41. The Morgan fingerprint density at radius 1 is 1.33 bits per heavy atom. The van der Waals surface area contributed by atoms with Crippen LogP contribution in [0.5, 0.6) is 0 Å². The van der Waals surface area contributed by atoms with E-state index in [1.165, 1.54) is 0 Å². The molecule has 18 heavy (non-hydrogen) atoms. The van der Waals surface area contributed by atoms with Gasteiger partial charge in [0, 0.05) is 22.0 Å². The van der Waals surface area contributed by atoms with E-state index in [0.29, 0.717) is 16.9 Å². The fourth-order valence-electron chi connectivity index (χ4n) is 2.29. The van der Waals surface area contributed by atoms with Gasteiger partial charge < -0.3 is 5.32 Å². The normalized spacial score (nSPS) is 23.7. The van der Waals surface area contributed by atoms with Crippen LogP contribution in [0.4, 0.5) is 0 Å². The third-order valence-corrected chi connectivity index (χ3v) is 4.34. The molecule has 1 aromatic rings. The van der Waals surface area contributed by atoms with E-state index in [9.17, 15) is 4.79 Å². The first-order valence-electron chi connectivity index (χ1n) is 6.33. The number of benzene rings is 1. The van der Waals surface area contributed by atoms with E-state index in [1.54, 1.807) is 0 Å². The first-order valence-corrected chi connectivity index (χ1v) is 7.56. The lowest BCUT2D eigenvalue weighted by Crippen LogP contribution is -2.31. The molecule has 0 aliphatic heterocycles. The van der Waals surface area contributed by atoms with E-state index >= 15 is 0 Å². The van der Waals surface area contributed by atoms with Crippen LogP contribution < -0.4 is 5.32 Å². The number of hydrogen-bond donors (Lipinski definition) is 1. The molecule has 1 aromatic carbocycles. The lowest BCUT2D eigenvalue weighted by Gasteiger charge is -2.25. The highest BCUT2D eigenvalue weighted by Gasteiger charge is 2.19. The van der Waals surface area contributed by atoms with Gasteiger partial charge in [0.05, 0.1) is 0 Å². The standard InChI is InChI=1S/C14H17BrClNO/c15-12-3-1-2-11(8-12)14(18)17-9-10-4-6-13(16)7-5-10/h1-3,8,10,13H,4-7,9H2,(H,17,18). The largest absolute Gasteiger partial charge is 0.352 e. The molecule has 1 fully saturated rings. The predicted octanol–water partition coefficient (Wildman–Crippen LogP) is 3.98. The van der Waals surface area contributed by atoms with Crippen molar-refractivity contribution in [1.29, 1.82) is 0 Å². The summed E-state index contributed by atoms with van der Waals surface area (Å²) < 4.78 is 0.929. The van der Waals surface area contributed by atoms with Crippen LogP contribution in [0.15, 0.2) is 28.7 Å². The highest BCUT2D eigenvalue weighted by Crippen LogP contribution is 2.27. The van der Waals surface area contributed by atoms with Crippen LogP contribution in [-0.2, 0) is 0 Å². The van der Waals surface area contributed by atoms with Crippen molar-refractivity contribution >= 4 is 33.4 Å². The molecule has 98 valence electrons. The van der Waals surface area contributed by atoms with Gasteiger partial charge in [-0.05, 0) is 49.8 Å². The first-order chi connectivity index (χ1) is 8.65. The van der Waals surface area contributed by atoms with E-state index in [-0.39, 0.29) is 5.91 Å². The monoisotopic (exact) mass is 329 g/mol. The van der Waals surface area contributed by atoms with E-state index in [2.05, 4.69) is 21.2 Å². The minimum Gasteiger partial charge on any atom is -0.352 e. The molecule has 1 aliphatic carbocycles. The number of halogens is 2. The summed E-state index contributed by atoms with van der Waals surface area (Å²) in [5.74, 6) is 0.584. The summed E-state index contributed by atoms with van der Waals surface area (Å²) in [4.78, 5) is 11.9. The van der Waals surface area contributed by atoms with Gasteiger partial charge in [0.25, 0.3) is 5.91 Å². The van der Waals surface area contributed by atoms with Gasteiger partial charge in [-0.25, -0.2) is 0 Å². The number of carbonyl (C=O) groups is 1. The zero-order chi connectivity index (χ0) is 13.0. The van der Waals surface area contributed by atoms with Crippen molar-refractivity contribution in [1.82, 2.24) is 5.32 Å². The Labute approximate surface area is 121 Å². The van der Waals surface area contributed by atoms with Crippen molar-refractivity contribution in [2.24, 2.45) is 5.92 Å². The van der Waals surface area contributed by atoms with Crippen molar-refractivity contribution in [3.63, 3.8) is 0 Å². The zero-order valence-electron chi connectivity index (χ0n) is 10.2. The molecule has 0 atom stereocenters. The summed E-state index contributed by atoms with van der Waals surface area (Å²) in [6.45, 7) is 0.759. The number of alkyl halides is 1. The SMILES string of the molecule is O=C(NCC1CCC(Cl)CC1)c1cccc(Br)c1. The van der Waals surface area contributed by atoms with Crippen LogP contribution in [-0.4, -0.2) is 17.8 Å². The number of amides is 1. The van der Waals surface area contributed by atoms with Gasteiger partial charge in [-0.1, -0.05) is 22.0 Å². The molecule has 0 radical (unpaired) electrons. The van der Waals surface area contributed by atoms with Crippen LogP contribution in [0.1, 0.15) is 36.0 Å². The van der Waals surface area contributed by atoms with Crippen LogP contribution in [0.25, 0.3) is 0 Å². The van der Waals surface area contributed by atoms with Gasteiger partial charge in [-0.2, -0.15) is 0 Å². The van der Waals surface area contributed by atoms with Gasteiger partial charge in [-0.15, -0.1) is 11.6 Å². The number of hydrogen-bond acceptors (Lipinski definition) is 1. The second-order valence-electron chi connectivity index (χ2n) is 4.84. The predicted molar refractivity (Wildman–Crippen MR) is 78.1 cm³/mol. The van der Waals surface area contributed by atoms with Gasteiger partial charge in [0.2, 0.25) is 0 Å². The lowest BCUT2D eigenvalue weighted by atomic mass is 9.89. The molecule has 1 N–H and O–H groups in total. The van der Waals surface area contributed by atoms with Crippen LogP contribution >= 0.6 is 27.5 Å². The van der Waals surface area contributed by atoms with Crippen molar-refractivity contribution in [2.75, 3.05) is 6.54 Å². The van der Waals surface area contributed by atoms with E-state index in [1.807, 2.05) is 24.3 Å². The summed E-state index contributed by atoms with van der Waals surface area (Å²) in [5.41, 5.74) is 0.704. The molecule has 0 saturated heterocycles. The Morgan fingerprint density at radius 2 is 2.06 bits per heavy atom. The van der Waals surface area contributed by atoms with Crippen molar-refractivity contribution in [3.05, 3.63) is 34.3 Å². The Morgan fingerprint density at radius 3 is 2.72 bits per heavy atom. The summed E-state index contributed by atoms with van der Waals surface area (Å²) in [6, 6.07) is 7.46. The van der Waals surface area contributed by atoms with Gasteiger partial charge in [0.15, 0.2) is 0 Å². The topological polar surface area (TPSA) is 29.1 Å². The molecule has 4 heteroatoms. The fourth-order valence-corrected chi connectivity index (χ4v) is 2.95. The number of rotatable bonds is 3. The minimum atomic E-state index is 0.00398.